The Morgan fingerprint density at radius 1 is 1.33 bits per heavy atom. The Morgan fingerprint density at radius 3 is 2.81 bits per heavy atom. The van der Waals surface area contributed by atoms with Crippen molar-refractivity contribution in [2.75, 3.05) is 18.6 Å². The molecule has 6 heteroatoms. The van der Waals surface area contributed by atoms with Crippen LogP contribution in [-0.2, 0) is 16.3 Å². The Bertz CT molecular complexity index is 629. The number of hydrogen-bond donors (Lipinski definition) is 2. The number of sulfone groups is 1. The van der Waals surface area contributed by atoms with E-state index in [4.69, 9.17) is 4.74 Å². The number of aryl methyl sites for hydroxylation is 1. The van der Waals surface area contributed by atoms with Crippen LogP contribution in [-0.4, -0.2) is 44.3 Å². The minimum absolute atomic E-state index is 0.107. The average Bonchev–Trinajstić information content (AvgIpc) is 2.70. The molecule has 21 heavy (non-hydrogen) atoms. The fourth-order valence-corrected chi connectivity index (χ4v) is 4.91. The highest BCUT2D eigenvalue weighted by molar-refractivity contribution is 7.91. The van der Waals surface area contributed by atoms with Crippen LogP contribution in [0.2, 0.25) is 0 Å². The topological polar surface area (TPSA) is 75.6 Å². The van der Waals surface area contributed by atoms with Gasteiger partial charge in [0, 0.05) is 6.04 Å². The maximum absolute atomic E-state index is 11.5. The molecule has 1 saturated heterocycles. The van der Waals surface area contributed by atoms with Crippen LogP contribution in [0.4, 0.5) is 0 Å². The number of aliphatic hydroxyl groups excluding tert-OH is 1. The molecule has 1 fully saturated rings. The minimum Gasteiger partial charge on any atom is -0.487 e. The largest absolute Gasteiger partial charge is 0.487 e. The lowest BCUT2D eigenvalue weighted by Gasteiger charge is -2.26. The molecule has 0 radical (unpaired) electrons. The number of hydrogen-bond acceptors (Lipinski definition) is 5. The van der Waals surface area contributed by atoms with Gasteiger partial charge in [0.15, 0.2) is 9.84 Å². The third-order valence-corrected chi connectivity index (χ3v) is 6.02. The van der Waals surface area contributed by atoms with Gasteiger partial charge < -0.3 is 15.2 Å². The van der Waals surface area contributed by atoms with Crippen molar-refractivity contribution >= 4 is 9.84 Å². The number of ether oxygens (including phenoxy) is 1. The van der Waals surface area contributed by atoms with Crippen LogP contribution < -0.4 is 10.1 Å². The van der Waals surface area contributed by atoms with Crippen LogP contribution in [0.15, 0.2) is 18.2 Å². The Hall–Kier alpha value is -1.11. The second-order valence-corrected chi connectivity index (χ2v) is 8.05. The van der Waals surface area contributed by atoms with Crippen molar-refractivity contribution in [3.63, 3.8) is 0 Å². The van der Waals surface area contributed by atoms with Crippen LogP contribution in [0.3, 0.4) is 0 Å². The summed E-state index contributed by atoms with van der Waals surface area (Å²) in [7, 11) is -1.22. The first-order valence-electron chi connectivity index (χ1n) is 7.34. The quantitative estimate of drug-likeness (QED) is 0.864. The molecule has 116 valence electrons. The van der Waals surface area contributed by atoms with Crippen molar-refractivity contribution in [2.45, 2.75) is 37.5 Å². The first-order chi connectivity index (χ1) is 9.98. The van der Waals surface area contributed by atoms with E-state index in [1.54, 1.807) is 0 Å². The normalized spacial score (nSPS) is 30.9. The van der Waals surface area contributed by atoms with Crippen LogP contribution in [0.25, 0.3) is 0 Å². The zero-order chi connectivity index (χ0) is 15.0. The van der Waals surface area contributed by atoms with E-state index in [0.29, 0.717) is 11.8 Å². The maximum atomic E-state index is 11.5. The summed E-state index contributed by atoms with van der Waals surface area (Å²) in [5.41, 5.74) is 2.53. The van der Waals surface area contributed by atoms with E-state index < -0.39 is 22.0 Å². The molecule has 0 aromatic heterocycles. The van der Waals surface area contributed by atoms with E-state index in [9.17, 15) is 13.5 Å². The lowest BCUT2D eigenvalue weighted by molar-refractivity contribution is 0.0737. The fraction of sp³-hybridized carbons (Fsp3) is 0.600. The number of rotatable bonds is 3. The van der Waals surface area contributed by atoms with Crippen molar-refractivity contribution in [1.82, 2.24) is 5.32 Å². The zero-order valence-corrected chi connectivity index (χ0v) is 12.9. The molecule has 3 unspecified atom stereocenters. The van der Waals surface area contributed by atoms with Gasteiger partial charge in [-0.25, -0.2) is 8.42 Å². The highest BCUT2D eigenvalue weighted by Crippen LogP contribution is 2.32. The molecule has 2 N–H and O–H groups in total. The first kappa shape index (κ1) is 14.8. The second kappa shape index (κ2) is 5.59. The summed E-state index contributed by atoms with van der Waals surface area (Å²) in [4.78, 5) is 0. The van der Waals surface area contributed by atoms with Gasteiger partial charge in [-0.2, -0.15) is 0 Å². The van der Waals surface area contributed by atoms with E-state index in [1.807, 2.05) is 25.2 Å². The SMILES string of the molecule is CNC1CCCc2cc(OC3CS(=O)(=O)CC3O)ccc21. The Kier molecular flexibility index (Phi) is 3.94. The van der Waals surface area contributed by atoms with Crippen LogP contribution in [0, 0.1) is 0 Å². The van der Waals surface area contributed by atoms with Crippen molar-refractivity contribution in [1.29, 1.82) is 0 Å². The van der Waals surface area contributed by atoms with Gasteiger partial charge in [-0.15, -0.1) is 0 Å². The number of aliphatic hydroxyl groups is 1. The molecule has 0 amide bonds. The molecule has 1 aromatic rings. The zero-order valence-electron chi connectivity index (χ0n) is 12.1. The van der Waals surface area contributed by atoms with E-state index in [-0.39, 0.29) is 11.5 Å². The van der Waals surface area contributed by atoms with Crippen molar-refractivity contribution in [3.05, 3.63) is 29.3 Å². The monoisotopic (exact) mass is 311 g/mol. The van der Waals surface area contributed by atoms with Gasteiger partial charge in [0.25, 0.3) is 0 Å². The van der Waals surface area contributed by atoms with E-state index in [1.165, 1.54) is 11.1 Å². The molecule has 1 heterocycles. The van der Waals surface area contributed by atoms with E-state index >= 15 is 0 Å². The van der Waals surface area contributed by atoms with Crippen molar-refractivity contribution < 1.29 is 18.3 Å². The highest BCUT2D eigenvalue weighted by Gasteiger charge is 2.38. The summed E-state index contributed by atoms with van der Waals surface area (Å²) in [6.07, 6.45) is 1.68. The molecular formula is C15H21NO4S. The molecule has 0 bridgehead atoms. The predicted octanol–water partition coefficient (Wildman–Crippen LogP) is 0.820. The molecule has 3 rings (SSSR count). The van der Waals surface area contributed by atoms with Crippen molar-refractivity contribution in [3.8, 4) is 5.75 Å². The number of nitrogens with one attached hydrogen (secondary N) is 1. The third kappa shape index (κ3) is 3.07. The minimum atomic E-state index is -3.18. The molecular weight excluding hydrogens is 290 g/mol. The number of fused-ring (bicyclic) bond motifs is 1. The van der Waals surface area contributed by atoms with Crippen molar-refractivity contribution in [2.24, 2.45) is 0 Å². The summed E-state index contributed by atoms with van der Waals surface area (Å²) in [5, 5.41) is 13.1. The van der Waals surface area contributed by atoms with Gasteiger partial charge in [-0.05, 0) is 49.6 Å². The molecule has 5 nitrogen and oxygen atoms in total. The first-order valence-corrected chi connectivity index (χ1v) is 9.16. The van der Waals surface area contributed by atoms with Gasteiger partial charge >= 0.3 is 0 Å². The molecule has 0 saturated carbocycles. The Morgan fingerprint density at radius 2 is 2.14 bits per heavy atom. The molecule has 3 atom stereocenters. The van der Waals surface area contributed by atoms with Gasteiger partial charge in [0.2, 0.25) is 0 Å². The van der Waals surface area contributed by atoms with Gasteiger partial charge in [-0.3, -0.25) is 0 Å². The summed E-state index contributed by atoms with van der Waals surface area (Å²) in [5.74, 6) is 0.334. The van der Waals surface area contributed by atoms with Crippen LogP contribution in [0.1, 0.15) is 30.0 Å². The molecule has 1 aromatic carbocycles. The Balaban J connectivity index is 1.79. The predicted molar refractivity (Wildman–Crippen MR) is 80.3 cm³/mol. The molecule has 1 aliphatic carbocycles. The second-order valence-electron chi connectivity index (χ2n) is 5.89. The van der Waals surface area contributed by atoms with Gasteiger partial charge in [0.05, 0.1) is 11.5 Å². The smallest absolute Gasteiger partial charge is 0.156 e. The highest BCUT2D eigenvalue weighted by atomic mass is 32.2. The molecule has 1 aliphatic heterocycles. The Labute approximate surface area is 125 Å². The van der Waals surface area contributed by atoms with Gasteiger partial charge in [0.1, 0.15) is 18.0 Å². The fourth-order valence-electron chi connectivity index (χ4n) is 3.25. The lowest BCUT2D eigenvalue weighted by Crippen LogP contribution is -2.30. The number of benzene rings is 1. The summed E-state index contributed by atoms with van der Waals surface area (Å²) < 4.78 is 28.7. The summed E-state index contributed by atoms with van der Waals surface area (Å²) in [6.45, 7) is 0. The van der Waals surface area contributed by atoms with Crippen LogP contribution in [0.5, 0.6) is 5.75 Å². The standard InChI is InChI=1S/C15H21NO4S/c1-16-13-4-2-3-10-7-11(5-6-12(10)13)20-15-9-21(18,19)8-14(15)17/h5-7,13-17H,2-4,8-9H2,1H3. The molecule has 2 aliphatic rings. The molecule has 0 spiro atoms. The van der Waals surface area contributed by atoms with E-state index in [0.717, 1.165) is 19.3 Å². The lowest BCUT2D eigenvalue weighted by atomic mass is 9.87. The van der Waals surface area contributed by atoms with Crippen LogP contribution >= 0.6 is 0 Å². The maximum Gasteiger partial charge on any atom is 0.156 e. The third-order valence-electron chi connectivity index (χ3n) is 4.34. The van der Waals surface area contributed by atoms with Gasteiger partial charge in [-0.1, -0.05) is 6.07 Å². The summed E-state index contributed by atoms with van der Waals surface area (Å²) in [6, 6.07) is 6.27. The van der Waals surface area contributed by atoms with E-state index in [2.05, 4.69) is 5.32 Å². The average molecular weight is 311 g/mol. The summed E-state index contributed by atoms with van der Waals surface area (Å²) >= 11 is 0.